The van der Waals surface area contributed by atoms with Crippen LogP contribution >= 0.6 is 11.6 Å². The molecule has 2 aromatic rings. The number of benzene rings is 2. The molecule has 0 unspecified atom stereocenters. The Kier molecular flexibility index (Phi) is 9.39. The first-order chi connectivity index (χ1) is 15.6. The summed E-state index contributed by atoms with van der Waals surface area (Å²) in [4.78, 5) is 37.8. The summed E-state index contributed by atoms with van der Waals surface area (Å²) >= 11 is 5.99. The minimum absolute atomic E-state index is 0.00449. The monoisotopic (exact) mass is 495 g/mol. The van der Waals surface area contributed by atoms with Crippen molar-refractivity contribution in [1.82, 2.24) is 9.21 Å². The molecule has 9 nitrogen and oxygen atoms in total. The third-order valence-corrected chi connectivity index (χ3v) is 7.07. The number of hydrogen-bond acceptors (Lipinski definition) is 6. The van der Waals surface area contributed by atoms with E-state index < -0.39 is 34.4 Å². The van der Waals surface area contributed by atoms with Gasteiger partial charge < -0.3 is 15.0 Å². The van der Waals surface area contributed by atoms with E-state index in [1.165, 1.54) is 35.6 Å². The topological polar surface area (TPSA) is 113 Å². The van der Waals surface area contributed by atoms with Gasteiger partial charge in [-0.05, 0) is 30.3 Å². The van der Waals surface area contributed by atoms with Gasteiger partial charge in [-0.1, -0.05) is 43.6 Å². The summed E-state index contributed by atoms with van der Waals surface area (Å²) in [5.41, 5.74) is 0.408. The smallest absolute Gasteiger partial charge is 0.338 e. The summed E-state index contributed by atoms with van der Waals surface area (Å²) in [6, 6.07) is 12.1. The first-order valence-corrected chi connectivity index (χ1v) is 12.0. The van der Waals surface area contributed by atoms with E-state index in [9.17, 15) is 22.8 Å². The second kappa shape index (κ2) is 11.8. The number of sulfonamides is 1. The third-order valence-electron chi connectivity index (χ3n) is 4.69. The second-order valence-corrected chi connectivity index (χ2v) is 9.32. The van der Waals surface area contributed by atoms with Crippen LogP contribution in [0.25, 0.3) is 0 Å². The average molecular weight is 496 g/mol. The van der Waals surface area contributed by atoms with Crippen molar-refractivity contribution in [2.24, 2.45) is 0 Å². The van der Waals surface area contributed by atoms with Crippen LogP contribution in [0.3, 0.4) is 0 Å². The van der Waals surface area contributed by atoms with Gasteiger partial charge in [0.15, 0.2) is 6.61 Å². The molecular weight excluding hydrogens is 470 g/mol. The van der Waals surface area contributed by atoms with Crippen molar-refractivity contribution in [3.8, 4) is 0 Å². The highest BCUT2D eigenvalue weighted by Gasteiger charge is 2.23. The van der Waals surface area contributed by atoms with E-state index in [0.717, 1.165) is 4.90 Å². The first-order valence-electron chi connectivity index (χ1n) is 10.2. The summed E-state index contributed by atoms with van der Waals surface area (Å²) in [5, 5.41) is 2.95. The number of nitrogens with zero attached hydrogens (tertiary/aromatic N) is 2. The summed E-state index contributed by atoms with van der Waals surface area (Å²) in [6.45, 7) is 3.13. The summed E-state index contributed by atoms with van der Waals surface area (Å²) < 4.78 is 31.6. The van der Waals surface area contributed by atoms with Gasteiger partial charge in [0, 0.05) is 20.1 Å². The van der Waals surface area contributed by atoms with Gasteiger partial charge in [-0.25, -0.2) is 13.2 Å². The maximum Gasteiger partial charge on any atom is 0.338 e. The Balaban J connectivity index is 1.95. The van der Waals surface area contributed by atoms with Crippen molar-refractivity contribution in [2.75, 3.05) is 38.6 Å². The lowest BCUT2D eigenvalue weighted by Gasteiger charge is -2.19. The van der Waals surface area contributed by atoms with E-state index in [0.29, 0.717) is 23.8 Å². The Morgan fingerprint density at radius 2 is 1.70 bits per heavy atom. The number of hydrogen-bond donors (Lipinski definition) is 1. The molecule has 0 spiro atoms. The van der Waals surface area contributed by atoms with E-state index >= 15 is 0 Å². The van der Waals surface area contributed by atoms with Gasteiger partial charge in [0.2, 0.25) is 15.9 Å². The molecule has 0 fully saturated rings. The molecule has 178 valence electrons. The Morgan fingerprint density at radius 3 is 2.33 bits per heavy atom. The van der Waals surface area contributed by atoms with Gasteiger partial charge in [-0.15, -0.1) is 0 Å². The van der Waals surface area contributed by atoms with Crippen LogP contribution in [0.5, 0.6) is 0 Å². The quantitative estimate of drug-likeness (QED) is 0.507. The number of amides is 2. The van der Waals surface area contributed by atoms with E-state index in [1.54, 1.807) is 38.1 Å². The standard InChI is InChI=1S/C22H26ClN3O6S/c1-4-26(5-2)33(30,31)17-10-8-9-16(13-17)22(29)32-15-21(28)25(3)14-20(27)24-19-12-7-6-11-18(19)23/h6-13H,4-5,14-15H2,1-3H3,(H,24,27). The number of likely N-dealkylation sites (N-methyl/N-ethyl adjacent to an activating group) is 1. The van der Waals surface area contributed by atoms with E-state index in [2.05, 4.69) is 5.32 Å². The van der Waals surface area contributed by atoms with Crippen LogP contribution in [0.2, 0.25) is 5.02 Å². The Morgan fingerprint density at radius 1 is 1.03 bits per heavy atom. The van der Waals surface area contributed by atoms with Gasteiger partial charge in [0.05, 0.1) is 27.7 Å². The Hall–Kier alpha value is -2.95. The van der Waals surface area contributed by atoms with E-state index in [4.69, 9.17) is 16.3 Å². The lowest BCUT2D eigenvalue weighted by Crippen LogP contribution is -2.37. The number of nitrogens with one attached hydrogen (secondary N) is 1. The molecular formula is C22H26ClN3O6S. The Labute approximate surface area is 198 Å². The zero-order valence-corrected chi connectivity index (χ0v) is 20.1. The van der Waals surface area contributed by atoms with Crippen LogP contribution in [0.4, 0.5) is 5.69 Å². The van der Waals surface area contributed by atoms with Crippen LogP contribution < -0.4 is 5.32 Å². The number of anilines is 1. The SMILES string of the molecule is CCN(CC)S(=O)(=O)c1cccc(C(=O)OCC(=O)N(C)CC(=O)Nc2ccccc2Cl)c1. The normalized spacial score (nSPS) is 11.2. The van der Waals surface area contributed by atoms with Gasteiger partial charge in [-0.3, -0.25) is 9.59 Å². The maximum atomic E-state index is 12.6. The number of para-hydroxylation sites is 1. The molecule has 0 aromatic heterocycles. The van der Waals surface area contributed by atoms with E-state index in [1.807, 2.05) is 0 Å². The maximum absolute atomic E-state index is 12.6. The average Bonchev–Trinajstić information content (AvgIpc) is 2.79. The van der Waals surface area contributed by atoms with Crippen LogP contribution in [-0.4, -0.2) is 68.7 Å². The lowest BCUT2D eigenvalue weighted by atomic mass is 10.2. The predicted octanol–water partition coefficient (Wildman–Crippen LogP) is 2.62. The first kappa shape index (κ1) is 26.3. The number of carbonyl (C=O) groups is 3. The molecule has 2 rings (SSSR count). The summed E-state index contributed by atoms with van der Waals surface area (Å²) in [7, 11) is -2.36. The van der Waals surface area contributed by atoms with E-state index in [-0.39, 0.29) is 17.0 Å². The molecule has 0 bridgehead atoms. The van der Waals surface area contributed by atoms with Crippen molar-refractivity contribution >= 4 is 45.1 Å². The molecule has 11 heteroatoms. The van der Waals surface area contributed by atoms with Crippen molar-refractivity contribution in [3.63, 3.8) is 0 Å². The van der Waals surface area contributed by atoms with Gasteiger partial charge >= 0.3 is 5.97 Å². The molecule has 2 amide bonds. The molecule has 2 aromatic carbocycles. The molecule has 0 saturated heterocycles. The molecule has 33 heavy (non-hydrogen) atoms. The molecule has 0 aliphatic carbocycles. The molecule has 1 N–H and O–H groups in total. The lowest BCUT2D eigenvalue weighted by molar-refractivity contribution is -0.136. The zero-order chi connectivity index (χ0) is 24.6. The van der Waals surface area contributed by atoms with Crippen molar-refractivity contribution in [1.29, 1.82) is 0 Å². The molecule has 0 radical (unpaired) electrons. The van der Waals surface area contributed by atoms with Crippen LogP contribution in [0.15, 0.2) is 53.4 Å². The molecule has 0 saturated carbocycles. The second-order valence-electron chi connectivity index (χ2n) is 6.97. The number of rotatable bonds is 10. The number of ether oxygens (including phenoxy) is 1. The molecule has 0 aliphatic heterocycles. The molecule has 0 heterocycles. The summed E-state index contributed by atoms with van der Waals surface area (Å²) in [5.74, 6) is -1.93. The van der Waals surface area contributed by atoms with Gasteiger partial charge in [0.1, 0.15) is 0 Å². The minimum Gasteiger partial charge on any atom is -0.452 e. The number of halogens is 1. The highest BCUT2D eigenvalue weighted by atomic mass is 35.5. The van der Waals surface area contributed by atoms with Crippen LogP contribution in [-0.2, 0) is 24.3 Å². The fraction of sp³-hybridized carbons (Fsp3) is 0.318. The number of carbonyl (C=O) groups excluding carboxylic acids is 3. The fourth-order valence-electron chi connectivity index (χ4n) is 2.87. The third kappa shape index (κ3) is 7.01. The predicted molar refractivity (Wildman–Crippen MR) is 125 cm³/mol. The largest absolute Gasteiger partial charge is 0.452 e. The number of esters is 1. The molecule has 0 atom stereocenters. The molecule has 0 aliphatic rings. The van der Waals surface area contributed by atoms with Crippen molar-refractivity contribution in [2.45, 2.75) is 18.7 Å². The zero-order valence-electron chi connectivity index (χ0n) is 18.6. The Bertz CT molecular complexity index is 1120. The highest BCUT2D eigenvalue weighted by molar-refractivity contribution is 7.89. The van der Waals surface area contributed by atoms with Gasteiger partial charge in [0.25, 0.3) is 5.91 Å². The highest BCUT2D eigenvalue weighted by Crippen LogP contribution is 2.20. The van der Waals surface area contributed by atoms with Crippen LogP contribution in [0.1, 0.15) is 24.2 Å². The minimum atomic E-state index is -3.75. The van der Waals surface area contributed by atoms with Crippen LogP contribution in [0, 0.1) is 0 Å². The van der Waals surface area contributed by atoms with Crippen molar-refractivity contribution in [3.05, 3.63) is 59.1 Å². The summed E-state index contributed by atoms with van der Waals surface area (Å²) in [6.07, 6.45) is 0. The van der Waals surface area contributed by atoms with Gasteiger partial charge in [-0.2, -0.15) is 4.31 Å². The fourth-order valence-corrected chi connectivity index (χ4v) is 4.56. The van der Waals surface area contributed by atoms with Crippen molar-refractivity contribution < 1.29 is 27.5 Å².